The van der Waals surface area contributed by atoms with Crippen LogP contribution in [0.2, 0.25) is 0 Å². The van der Waals surface area contributed by atoms with Crippen LogP contribution >= 0.6 is 0 Å². The van der Waals surface area contributed by atoms with Crippen molar-refractivity contribution in [2.75, 3.05) is 26.8 Å². The van der Waals surface area contributed by atoms with Crippen molar-refractivity contribution in [1.29, 1.82) is 0 Å². The Morgan fingerprint density at radius 3 is 2.59 bits per heavy atom. The maximum Gasteiger partial charge on any atom is 0.317 e. The zero-order valence-corrected chi connectivity index (χ0v) is 18.3. The molecule has 0 saturated carbocycles. The van der Waals surface area contributed by atoms with E-state index in [0.717, 1.165) is 12.1 Å². The number of nitrogens with zero attached hydrogens (tertiary/aromatic N) is 3. The number of methoxy groups -OCH3 is 1. The number of carbonyl (C=O) groups excluding carboxylic acids is 1. The lowest BCUT2D eigenvalue weighted by Gasteiger charge is -2.23. The summed E-state index contributed by atoms with van der Waals surface area (Å²) in [6.07, 6.45) is 0. The van der Waals surface area contributed by atoms with Crippen LogP contribution in [-0.2, 0) is 11.3 Å². The molecule has 1 heterocycles. The Bertz CT molecular complexity index is 1060. The highest BCUT2D eigenvalue weighted by Crippen LogP contribution is 2.33. The Kier molecular flexibility index (Phi) is 7.77. The third-order valence-corrected chi connectivity index (χ3v) is 4.77. The number of rotatable bonds is 9. The van der Waals surface area contributed by atoms with Gasteiger partial charge in [0.25, 0.3) is 0 Å². The quantitative estimate of drug-likeness (QED) is 0.530. The van der Waals surface area contributed by atoms with Crippen LogP contribution in [0.15, 0.2) is 48.5 Å². The van der Waals surface area contributed by atoms with Gasteiger partial charge in [-0.1, -0.05) is 18.2 Å². The SMILES string of the molecule is CCNC(=O)N(CCOC)Cc1c(C)nn(-c2ccccc2)c1Oc1ccc(F)cc1F. The molecule has 0 atom stereocenters. The number of aryl methyl sites for hydroxylation is 1. The number of ether oxygens (including phenoxy) is 2. The molecule has 32 heavy (non-hydrogen) atoms. The Hall–Kier alpha value is -3.46. The van der Waals surface area contributed by atoms with E-state index in [0.29, 0.717) is 36.6 Å². The van der Waals surface area contributed by atoms with Crippen molar-refractivity contribution in [2.24, 2.45) is 0 Å². The van der Waals surface area contributed by atoms with E-state index >= 15 is 0 Å². The zero-order valence-electron chi connectivity index (χ0n) is 18.3. The molecule has 0 fully saturated rings. The maximum atomic E-state index is 14.4. The van der Waals surface area contributed by atoms with Crippen LogP contribution in [0.5, 0.6) is 11.6 Å². The van der Waals surface area contributed by atoms with E-state index in [9.17, 15) is 13.6 Å². The number of nitrogens with one attached hydrogen (secondary N) is 1. The summed E-state index contributed by atoms with van der Waals surface area (Å²) in [6.45, 7) is 4.92. The summed E-state index contributed by atoms with van der Waals surface area (Å²) < 4.78 is 40.4. The molecule has 170 valence electrons. The highest BCUT2D eigenvalue weighted by atomic mass is 19.1. The van der Waals surface area contributed by atoms with Crippen LogP contribution < -0.4 is 10.1 Å². The minimum absolute atomic E-state index is 0.147. The van der Waals surface area contributed by atoms with Gasteiger partial charge in [-0.25, -0.2) is 18.3 Å². The molecular formula is C23H26F2N4O3. The molecule has 0 radical (unpaired) electrons. The molecule has 1 aromatic heterocycles. The predicted molar refractivity (Wildman–Crippen MR) is 116 cm³/mol. The topological polar surface area (TPSA) is 68.6 Å². The first-order chi connectivity index (χ1) is 15.4. The predicted octanol–water partition coefficient (Wildman–Crippen LogP) is 4.43. The Balaban J connectivity index is 2.06. The number of aromatic nitrogens is 2. The summed E-state index contributed by atoms with van der Waals surface area (Å²) in [5.74, 6) is -1.45. The second-order valence-corrected chi connectivity index (χ2v) is 7.04. The summed E-state index contributed by atoms with van der Waals surface area (Å²) in [7, 11) is 1.56. The van der Waals surface area contributed by atoms with Gasteiger partial charge in [-0.2, -0.15) is 5.10 Å². The van der Waals surface area contributed by atoms with Crippen molar-refractivity contribution < 1.29 is 23.0 Å². The van der Waals surface area contributed by atoms with Crippen LogP contribution in [0, 0.1) is 18.6 Å². The van der Waals surface area contributed by atoms with Gasteiger partial charge in [0, 0.05) is 26.3 Å². The Morgan fingerprint density at radius 1 is 1.19 bits per heavy atom. The molecular weight excluding hydrogens is 418 g/mol. The minimum Gasteiger partial charge on any atom is -0.435 e. The third-order valence-electron chi connectivity index (χ3n) is 4.77. The normalized spacial score (nSPS) is 10.8. The van der Waals surface area contributed by atoms with Crippen molar-refractivity contribution in [3.8, 4) is 17.3 Å². The van der Waals surface area contributed by atoms with Crippen molar-refractivity contribution in [2.45, 2.75) is 20.4 Å². The highest BCUT2D eigenvalue weighted by Gasteiger charge is 2.24. The van der Waals surface area contributed by atoms with E-state index in [-0.39, 0.29) is 24.2 Å². The van der Waals surface area contributed by atoms with Crippen LogP contribution in [-0.4, -0.2) is 47.5 Å². The molecule has 0 saturated heterocycles. The highest BCUT2D eigenvalue weighted by molar-refractivity contribution is 5.74. The number of hydrogen-bond acceptors (Lipinski definition) is 4. The van der Waals surface area contributed by atoms with Gasteiger partial charge in [-0.3, -0.25) is 0 Å². The summed E-state index contributed by atoms with van der Waals surface area (Å²) in [6, 6.07) is 12.0. The van der Waals surface area contributed by atoms with Gasteiger partial charge in [-0.15, -0.1) is 0 Å². The first kappa shape index (κ1) is 23.2. The van der Waals surface area contributed by atoms with Gasteiger partial charge in [0.1, 0.15) is 5.82 Å². The lowest BCUT2D eigenvalue weighted by molar-refractivity contribution is 0.146. The minimum atomic E-state index is -0.839. The summed E-state index contributed by atoms with van der Waals surface area (Å²) in [5.41, 5.74) is 1.90. The molecule has 0 aliphatic heterocycles. The Labute approximate surface area is 185 Å². The number of urea groups is 1. The van der Waals surface area contributed by atoms with E-state index in [4.69, 9.17) is 9.47 Å². The van der Waals surface area contributed by atoms with Crippen LogP contribution in [0.25, 0.3) is 5.69 Å². The van der Waals surface area contributed by atoms with Crippen LogP contribution in [0.4, 0.5) is 13.6 Å². The fraction of sp³-hybridized carbons (Fsp3) is 0.304. The molecule has 0 bridgehead atoms. The molecule has 0 unspecified atom stereocenters. The maximum absolute atomic E-state index is 14.4. The molecule has 3 aromatic rings. The first-order valence-electron chi connectivity index (χ1n) is 10.2. The average Bonchev–Trinajstić information content (AvgIpc) is 3.08. The first-order valence-corrected chi connectivity index (χ1v) is 10.2. The molecule has 9 heteroatoms. The Morgan fingerprint density at radius 2 is 1.94 bits per heavy atom. The van der Waals surface area contributed by atoms with Crippen molar-refractivity contribution in [3.05, 3.63) is 71.4 Å². The summed E-state index contributed by atoms with van der Waals surface area (Å²) >= 11 is 0. The van der Waals surface area contributed by atoms with Gasteiger partial charge in [-0.05, 0) is 38.1 Å². The molecule has 0 spiro atoms. The molecule has 7 nitrogen and oxygen atoms in total. The lowest BCUT2D eigenvalue weighted by atomic mass is 10.2. The number of amides is 2. The summed E-state index contributed by atoms with van der Waals surface area (Å²) in [4.78, 5) is 14.2. The van der Waals surface area contributed by atoms with E-state index in [1.54, 1.807) is 23.6 Å². The average molecular weight is 444 g/mol. The number of para-hydroxylation sites is 1. The van der Waals surface area contributed by atoms with Gasteiger partial charge < -0.3 is 19.7 Å². The smallest absolute Gasteiger partial charge is 0.317 e. The van der Waals surface area contributed by atoms with Gasteiger partial charge in [0.05, 0.1) is 30.1 Å². The largest absolute Gasteiger partial charge is 0.435 e. The van der Waals surface area contributed by atoms with Crippen LogP contribution in [0.3, 0.4) is 0 Å². The molecule has 0 aliphatic rings. The van der Waals surface area contributed by atoms with E-state index in [1.807, 2.05) is 37.3 Å². The monoisotopic (exact) mass is 444 g/mol. The number of hydrogen-bond donors (Lipinski definition) is 1. The zero-order chi connectivity index (χ0) is 23.1. The third kappa shape index (κ3) is 5.42. The molecule has 1 N–H and O–H groups in total. The lowest BCUT2D eigenvalue weighted by Crippen LogP contribution is -2.41. The van der Waals surface area contributed by atoms with Crippen molar-refractivity contribution in [1.82, 2.24) is 20.0 Å². The fourth-order valence-corrected chi connectivity index (χ4v) is 3.14. The van der Waals surface area contributed by atoms with Gasteiger partial charge in [0.15, 0.2) is 11.6 Å². The number of halogens is 2. The van der Waals surface area contributed by atoms with Crippen molar-refractivity contribution >= 4 is 6.03 Å². The standard InChI is InChI=1S/C23H26F2N4O3/c1-4-26-23(30)28(12-13-31-3)15-19-16(2)27-29(18-8-6-5-7-9-18)22(19)32-21-11-10-17(24)14-20(21)25/h5-11,14H,4,12-13,15H2,1-3H3,(H,26,30). The second kappa shape index (κ2) is 10.7. The molecule has 0 aliphatic carbocycles. The summed E-state index contributed by atoms with van der Waals surface area (Å²) in [5, 5.41) is 7.35. The molecule has 3 rings (SSSR count). The molecule has 2 amide bonds. The number of carbonyl (C=O) groups is 1. The fourth-order valence-electron chi connectivity index (χ4n) is 3.14. The van der Waals surface area contributed by atoms with E-state index in [2.05, 4.69) is 10.4 Å². The number of benzene rings is 2. The van der Waals surface area contributed by atoms with E-state index in [1.165, 1.54) is 6.07 Å². The second-order valence-electron chi connectivity index (χ2n) is 7.04. The van der Waals surface area contributed by atoms with Gasteiger partial charge >= 0.3 is 6.03 Å². The van der Waals surface area contributed by atoms with Gasteiger partial charge in [0.2, 0.25) is 5.88 Å². The molecule has 2 aromatic carbocycles. The van der Waals surface area contributed by atoms with Crippen molar-refractivity contribution in [3.63, 3.8) is 0 Å². The van der Waals surface area contributed by atoms with Crippen LogP contribution in [0.1, 0.15) is 18.2 Å². The van der Waals surface area contributed by atoms with E-state index < -0.39 is 11.6 Å².